The van der Waals surface area contributed by atoms with Crippen LogP contribution >= 0.6 is 0 Å². The average Bonchev–Trinajstić information content (AvgIpc) is 2.95. The van der Waals surface area contributed by atoms with E-state index < -0.39 is 10.0 Å². The first-order chi connectivity index (χ1) is 11.9. The van der Waals surface area contributed by atoms with Crippen molar-refractivity contribution in [3.05, 3.63) is 35.9 Å². The van der Waals surface area contributed by atoms with Gasteiger partial charge < -0.3 is 10.4 Å². The monoisotopic (exact) mass is 364 g/mol. The highest BCUT2D eigenvalue weighted by Crippen LogP contribution is 2.24. The van der Waals surface area contributed by atoms with E-state index in [0.717, 1.165) is 31.2 Å². The van der Waals surface area contributed by atoms with E-state index in [4.69, 9.17) is 0 Å². The molecule has 1 aliphatic carbocycles. The highest BCUT2D eigenvalue weighted by molar-refractivity contribution is 7.93. The molecular formula is C18H24N2O4S. The van der Waals surface area contributed by atoms with Crippen LogP contribution in [0, 0.1) is 0 Å². The fourth-order valence-corrected chi connectivity index (χ4v) is 4.89. The number of carbonyl (C=O) groups excluding carboxylic acids is 1. The molecule has 1 amide bonds. The van der Waals surface area contributed by atoms with Gasteiger partial charge in [0.15, 0.2) is 0 Å². The van der Waals surface area contributed by atoms with Crippen LogP contribution in [-0.4, -0.2) is 43.9 Å². The first kappa shape index (κ1) is 17.9. The predicted molar refractivity (Wildman–Crippen MR) is 97.6 cm³/mol. The van der Waals surface area contributed by atoms with Gasteiger partial charge in [-0.25, -0.2) is 8.42 Å². The Hall–Kier alpha value is -1.86. The minimum absolute atomic E-state index is 0.128. The third-order valence-electron chi connectivity index (χ3n) is 4.75. The topological polar surface area (TPSA) is 86.7 Å². The number of hydrogen-bond donors (Lipinski definition) is 2. The number of aliphatic hydroxyl groups excluding tert-OH is 1. The van der Waals surface area contributed by atoms with E-state index in [-0.39, 0.29) is 23.8 Å². The van der Waals surface area contributed by atoms with E-state index in [2.05, 4.69) is 5.32 Å². The van der Waals surface area contributed by atoms with Crippen molar-refractivity contribution < 1.29 is 18.3 Å². The number of hydrogen-bond acceptors (Lipinski definition) is 4. The lowest BCUT2D eigenvalue weighted by molar-refractivity contribution is -0.117. The van der Waals surface area contributed by atoms with Gasteiger partial charge in [-0.1, -0.05) is 12.1 Å². The number of nitrogens with zero attached hydrogens (tertiary/aromatic N) is 1. The maximum Gasteiger partial charge on any atom is 0.244 e. The van der Waals surface area contributed by atoms with Crippen molar-refractivity contribution in [2.24, 2.45) is 0 Å². The molecule has 1 heterocycles. The summed E-state index contributed by atoms with van der Waals surface area (Å²) in [6.07, 6.45) is 6.70. The molecule has 0 unspecified atom stereocenters. The second kappa shape index (κ2) is 7.58. The fourth-order valence-electron chi connectivity index (χ4n) is 3.32. The summed E-state index contributed by atoms with van der Waals surface area (Å²) in [4.78, 5) is 12.0. The molecule has 2 fully saturated rings. The van der Waals surface area contributed by atoms with Gasteiger partial charge in [-0.3, -0.25) is 9.10 Å². The zero-order valence-corrected chi connectivity index (χ0v) is 14.9. The molecule has 1 saturated carbocycles. The Morgan fingerprint density at radius 2 is 1.84 bits per heavy atom. The van der Waals surface area contributed by atoms with Crippen LogP contribution < -0.4 is 9.62 Å². The number of nitrogens with one attached hydrogen (secondary N) is 1. The lowest BCUT2D eigenvalue weighted by atomic mass is 9.93. The number of aliphatic hydroxyl groups is 1. The predicted octanol–water partition coefficient (Wildman–Crippen LogP) is 1.66. The zero-order valence-electron chi connectivity index (χ0n) is 14.1. The Labute approximate surface area is 148 Å². The molecule has 3 rings (SSSR count). The Morgan fingerprint density at radius 3 is 2.44 bits per heavy atom. The van der Waals surface area contributed by atoms with Crippen molar-refractivity contribution in [1.82, 2.24) is 5.32 Å². The molecule has 1 saturated heterocycles. The first-order valence-corrected chi connectivity index (χ1v) is 10.3. The molecule has 25 heavy (non-hydrogen) atoms. The lowest BCUT2D eigenvalue weighted by Gasteiger charge is -2.25. The van der Waals surface area contributed by atoms with Gasteiger partial charge in [0.2, 0.25) is 15.9 Å². The van der Waals surface area contributed by atoms with Gasteiger partial charge in [-0.2, -0.15) is 0 Å². The van der Waals surface area contributed by atoms with Gasteiger partial charge >= 0.3 is 0 Å². The lowest BCUT2D eigenvalue weighted by Crippen LogP contribution is -2.37. The molecule has 0 atom stereocenters. The molecule has 1 aromatic carbocycles. The molecule has 0 spiro atoms. The second-order valence-electron chi connectivity index (χ2n) is 6.68. The smallest absolute Gasteiger partial charge is 0.244 e. The number of anilines is 1. The number of amides is 1. The van der Waals surface area contributed by atoms with Gasteiger partial charge in [-0.05, 0) is 55.9 Å². The summed E-state index contributed by atoms with van der Waals surface area (Å²) in [5.74, 6) is 0.0557. The van der Waals surface area contributed by atoms with Crippen LogP contribution in [0.2, 0.25) is 0 Å². The molecule has 2 N–H and O–H groups in total. The number of sulfonamides is 1. The SMILES string of the molecule is O=C(/C=C/c1ccc(N2CCCS2(=O)=O)cc1)NC1CCC(O)CC1. The minimum Gasteiger partial charge on any atom is -0.393 e. The number of rotatable bonds is 4. The summed E-state index contributed by atoms with van der Waals surface area (Å²) in [5.41, 5.74) is 1.51. The molecule has 7 heteroatoms. The van der Waals surface area contributed by atoms with Crippen molar-refractivity contribution in [3.63, 3.8) is 0 Å². The molecular weight excluding hydrogens is 340 g/mol. The average molecular weight is 364 g/mol. The van der Waals surface area contributed by atoms with E-state index in [1.165, 1.54) is 10.4 Å². The quantitative estimate of drug-likeness (QED) is 0.796. The van der Waals surface area contributed by atoms with Gasteiger partial charge in [0.25, 0.3) is 0 Å². The van der Waals surface area contributed by atoms with Gasteiger partial charge in [-0.15, -0.1) is 0 Å². The number of carbonyl (C=O) groups is 1. The Bertz CT molecular complexity index is 735. The standard InChI is InChI=1S/C18H24N2O4S/c21-17-9-5-15(6-10-17)19-18(22)11-4-14-2-7-16(8-3-14)20-12-1-13-25(20,23)24/h2-4,7-8,11,15,17,21H,1,5-6,9-10,12-13H2,(H,19,22)/b11-4+. The fraction of sp³-hybridized carbons (Fsp3) is 0.500. The molecule has 0 radical (unpaired) electrons. The van der Waals surface area contributed by atoms with Gasteiger partial charge in [0.05, 0.1) is 17.5 Å². The van der Waals surface area contributed by atoms with Crippen LogP contribution in [0.25, 0.3) is 6.08 Å². The van der Waals surface area contributed by atoms with E-state index in [1.807, 2.05) is 12.1 Å². The highest BCUT2D eigenvalue weighted by Gasteiger charge is 2.28. The molecule has 0 bridgehead atoms. The summed E-state index contributed by atoms with van der Waals surface area (Å²) in [5, 5.41) is 12.4. The Morgan fingerprint density at radius 1 is 1.16 bits per heavy atom. The molecule has 6 nitrogen and oxygen atoms in total. The van der Waals surface area contributed by atoms with Crippen molar-refractivity contribution in [3.8, 4) is 0 Å². The third kappa shape index (κ3) is 4.61. The molecule has 136 valence electrons. The summed E-state index contributed by atoms with van der Waals surface area (Å²) in [7, 11) is -3.17. The molecule has 0 aromatic heterocycles. The molecule has 1 aliphatic heterocycles. The first-order valence-electron chi connectivity index (χ1n) is 8.71. The van der Waals surface area contributed by atoms with E-state index in [1.54, 1.807) is 18.2 Å². The normalized spacial score (nSPS) is 26.0. The maximum atomic E-state index is 12.0. The third-order valence-corrected chi connectivity index (χ3v) is 6.62. The van der Waals surface area contributed by atoms with Crippen molar-refractivity contribution >= 4 is 27.7 Å². The zero-order chi connectivity index (χ0) is 17.9. The summed E-state index contributed by atoms with van der Waals surface area (Å²) < 4.78 is 25.3. The molecule has 2 aliphatic rings. The summed E-state index contributed by atoms with van der Waals surface area (Å²) >= 11 is 0. The van der Waals surface area contributed by atoms with Crippen molar-refractivity contribution in [2.45, 2.75) is 44.2 Å². The Balaban J connectivity index is 1.56. The van der Waals surface area contributed by atoms with Crippen LogP contribution in [0.4, 0.5) is 5.69 Å². The van der Waals surface area contributed by atoms with Gasteiger partial charge in [0, 0.05) is 18.7 Å². The van der Waals surface area contributed by atoms with Gasteiger partial charge in [0.1, 0.15) is 0 Å². The summed E-state index contributed by atoms with van der Waals surface area (Å²) in [6.45, 7) is 0.524. The number of benzene rings is 1. The van der Waals surface area contributed by atoms with E-state index in [9.17, 15) is 18.3 Å². The van der Waals surface area contributed by atoms with Crippen LogP contribution in [0.5, 0.6) is 0 Å². The maximum absolute atomic E-state index is 12.0. The van der Waals surface area contributed by atoms with E-state index in [0.29, 0.717) is 18.7 Å². The Kier molecular flexibility index (Phi) is 5.44. The van der Waals surface area contributed by atoms with Crippen LogP contribution in [-0.2, 0) is 14.8 Å². The largest absolute Gasteiger partial charge is 0.393 e. The highest BCUT2D eigenvalue weighted by atomic mass is 32.2. The van der Waals surface area contributed by atoms with Crippen molar-refractivity contribution in [2.75, 3.05) is 16.6 Å². The minimum atomic E-state index is -3.17. The van der Waals surface area contributed by atoms with Crippen LogP contribution in [0.1, 0.15) is 37.7 Å². The van der Waals surface area contributed by atoms with E-state index >= 15 is 0 Å². The van der Waals surface area contributed by atoms with Crippen molar-refractivity contribution in [1.29, 1.82) is 0 Å². The van der Waals surface area contributed by atoms with Crippen LogP contribution in [0.3, 0.4) is 0 Å². The summed E-state index contributed by atoms with van der Waals surface area (Å²) in [6, 6.07) is 7.28. The molecule has 1 aromatic rings. The van der Waals surface area contributed by atoms with Crippen LogP contribution in [0.15, 0.2) is 30.3 Å². The second-order valence-corrected chi connectivity index (χ2v) is 8.69.